The molecule has 0 bridgehead atoms. The standard InChI is InChI=1S/C20H28N4O2.C2HF3O2/c1-20(2,3)24-15-17(12-21-24)14-23-9-7-22(8-10-23)13-16-5-4-6-18(11-16)19(25)26;3-2(4,5)1(6)7/h4-6,11-12,15H,7-10,13-14H2,1-3H3,(H,25,26);(H,6,7). The minimum atomic E-state index is -5.08. The third-order valence-corrected chi connectivity index (χ3v) is 5.02. The molecule has 8 nitrogen and oxygen atoms in total. The van der Waals surface area contributed by atoms with Gasteiger partial charge in [0, 0.05) is 51.0 Å². The zero-order valence-corrected chi connectivity index (χ0v) is 18.8. The maximum absolute atomic E-state index is 11.1. The highest BCUT2D eigenvalue weighted by Crippen LogP contribution is 2.16. The van der Waals surface area contributed by atoms with Crippen molar-refractivity contribution in [3.05, 3.63) is 53.3 Å². The van der Waals surface area contributed by atoms with Gasteiger partial charge in [0.15, 0.2) is 0 Å². The fourth-order valence-electron chi connectivity index (χ4n) is 3.23. The summed E-state index contributed by atoms with van der Waals surface area (Å²) in [7, 11) is 0. The molecule has 182 valence electrons. The number of carboxylic acids is 2. The van der Waals surface area contributed by atoms with Crippen LogP contribution >= 0.6 is 0 Å². The number of rotatable bonds is 5. The number of alkyl halides is 3. The Morgan fingerprint density at radius 2 is 1.48 bits per heavy atom. The number of hydrogen-bond acceptors (Lipinski definition) is 5. The lowest BCUT2D eigenvalue weighted by Gasteiger charge is -2.34. The van der Waals surface area contributed by atoms with Crippen LogP contribution in [0.5, 0.6) is 0 Å². The lowest BCUT2D eigenvalue weighted by molar-refractivity contribution is -0.192. The van der Waals surface area contributed by atoms with E-state index in [1.165, 1.54) is 5.56 Å². The van der Waals surface area contributed by atoms with Crippen molar-refractivity contribution in [2.24, 2.45) is 0 Å². The third kappa shape index (κ3) is 8.50. The molecule has 0 aliphatic carbocycles. The van der Waals surface area contributed by atoms with Gasteiger partial charge in [0.1, 0.15) is 0 Å². The minimum absolute atomic E-state index is 0.0153. The van der Waals surface area contributed by atoms with Crippen molar-refractivity contribution in [1.29, 1.82) is 0 Å². The zero-order chi connectivity index (χ0) is 24.8. The highest BCUT2D eigenvalue weighted by molar-refractivity contribution is 5.87. The van der Waals surface area contributed by atoms with Crippen molar-refractivity contribution in [1.82, 2.24) is 19.6 Å². The van der Waals surface area contributed by atoms with Crippen molar-refractivity contribution >= 4 is 11.9 Å². The fraction of sp³-hybridized carbons (Fsp3) is 0.500. The lowest BCUT2D eigenvalue weighted by atomic mass is 10.1. The molecular weight excluding hydrogens is 441 g/mol. The number of piperazine rings is 1. The molecule has 2 aromatic rings. The van der Waals surface area contributed by atoms with Gasteiger partial charge in [-0.3, -0.25) is 14.5 Å². The monoisotopic (exact) mass is 470 g/mol. The van der Waals surface area contributed by atoms with Gasteiger partial charge in [0.2, 0.25) is 0 Å². The number of benzene rings is 1. The number of hydrogen-bond donors (Lipinski definition) is 2. The Kier molecular flexibility index (Phi) is 8.62. The summed E-state index contributed by atoms with van der Waals surface area (Å²) >= 11 is 0. The first-order valence-corrected chi connectivity index (χ1v) is 10.4. The molecule has 2 N–H and O–H groups in total. The minimum Gasteiger partial charge on any atom is -0.478 e. The van der Waals surface area contributed by atoms with Gasteiger partial charge in [0.25, 0.3) is 0 Å². The molecule has 33 heavy (non-hydrogen) atoms. The lowest BCUT2D eigenvalue weighted by Crippen LogP contribution is -2.45. The molecule has 3 rings (SSSR count). The normalized spacial score (nSPS) is 15.6. The first-order valence-electron chi connectivity index (χ1n) is 10.4. The molecule has 11 heteroatoms. The van der Waals surface area contributed by atoms with Crippen LogP contribution < -0.4 is 0 Å². The number of halogens is 3. The Labute approximate surface area is 190 Å². The molecule has 1 fully saturated rings. The molecule has 2 heterocycles. The van der Waals surface area contributed by atoms with E-state index in [0.717, 1.165) is 44.8 Å². The summed E-state index contributed by atoms with van der Waals surface area (Å²) in [6.45, 7) is 12.2. The van der Waals surface area contributed by atoms with Crippen molar-refractivity contribution in [3.8, 4) is 0 Å². The molecule has 0 saturated carbocycles. The second kappa shape index (κ2) is 10.8. The topological polar surface area (TPSA) is 98.9 Å². The Balaban J connectivity index is 0.000000479. The quantitative estimate of drug-likeness (QED) is 0.692. The molecule has 0 amide bonds. The SMILES string of the molecule is CC(C)(C)n1cc(CN2CCN(Cc3cccc(C(=O)O)c3)CC2)cn1.O=C(O)C(F)(F)F. The summed E-state index contributed by atoms with van der Waals surface area (Å²) in [6.07, 6.45) is -0.973. The van der Waals surface area contributed by atoms with Gasteiger partial charge in [-0.05, 0) is 38.5 Å². The molecule has 0 atom stereocenters. The van der Waals surface area contributed by atoms with Gasteiger partial charge in [0.05, 0.1) is 17.3 Å². The highest BCUT2D eigenvalue weighted by atomic mass is 19.4. The summed E-state index contributed by atoms with van der Waals surface area (Å²) in [4.78, 5) is 24.8. The molecule has 0 spiro atoms. The van der Waals surface area contributed by atoms with Crippen LogP contribution in [0.4, 0.5) is 13.2 Å². The van der Waals surface area contributed by atoms with E-state index in [-0.39, 0.29) is 5.54 Å². The van der Waals surface area contributed by atoms with E-state index in [9.17, 15) is 18.0 Å². The number of aromatic nitrogens is 2. The summed E-state index contributed by atoms with van der Waals surface area (Å²) in [5.74, 6) is -3.63. The van der Waals surface area contributed by atoms with Crippen LogP contribution in [0.15, 0.2) is 36.7 Å². The number of aliphatic carboxylic acids is 1. The number of carbonyl (C=O) groups is 2. The largest absolute Gasteiger partial charge is 0.490 e. The Morgan fingerprint density at radius 3 is 1.91 bits per heavy atom. The van der Waals surface area contributed by atoms with E-state index in [0.29, 0.717) is 5.56 Å². The number of aromatic carboxylic acids is 1. The van der Waals surface area contributed by atoms with Crippen molar-refractivity contribution < 1.29 is 33.0 Å². The smallest absolute Gasteiger partial charge is 0.478 e. The van der Waals surface area contributed by atoms with Crippen LogP contribution in [0.1, 0.15) is 42.3 Å². The first-order chi connectivity index (χ1) is 15.3. The third-order valence-electron chi connectivity index (χ3n) is 5.02. The fourth-order valence-corrected chi connectivity index (χ4v) is 3.23. The van der Waals surface area contributed by atoms with Gasteiger partial charge in [-0.25, -0.2) is 9.59 Å². The van der Waals surface area contributed by atoms with E-state index in [2.05, 4.69) is 41.9 Å². The maximum Gasteiger partial charge on any atom is 0.490 e. The summed E-state index contributed by atoms with van der Waals surface area (Å²) in [5, 5.41) is 20.7. The van der Waals surface area contributed by atoms with E-state index >= 15 is 0 Å². The van der Waals surface area contributed by atoms with Crippen LogP contribution in [0.25, 0.3) is 0 Å². The molecule has 1 aliphatic heterocycles. The van der Waals surface area contributed by atoms with Crippen LogP contribution in [0, 0.1) is 0 Å². The van der Waals surface area contributed by atoms with Gasteiger partial charge >= 0.3 is 18.1 Å². The number of carboxylic acid groups (broad SMARTS) is 2. The van der Waals surface area contributed by atoms with E-state index in [4.69, 9.17) is 15.0 Å². The number of nitrogens with zero attached hydrogens (tertiary/aromatic N) is 4. The van der Waals surface area contributed by atoms with Gasteiger partial charge in [-0.2, -0.15) is 18.3 Å². The zero-order valence-electron chi connectivity index (χ0n) is 18.8. The predicted octanol–water partition coefficient (Wildman–Crippen LogP) is 3.29. The summed E-state index contributed by atoms with van der Waals surface area (Å²) < 4.78 is 33.8. The van der Waals surface area contributed by atoms with Crippen LogP contribution in [-0.2, 0) is 23.4 Å². The molecule has 1 aliphatic rings. The van der Waals surface area contributed by atoms with Gasteiger partial charge in [-0.15, -0.1) is 0 Å². The summed E-state index contributed by atoms with van der Waals surface area (Å²) in [6, 6.07) is 7.23. The van der Waals surface area contributed by atoms with Crippen molar-refractivity contribution in [2.45, 2.75) is 45.6 Å². The summed E-state index contributed by atoms with van der Waals surface area (Å²) in [5.41, 5.74) is 2.69. The second-order valence-electron chi connectivity index (χ2n) is 8.82. The molecule has 1 aromatic heterocycles. The van der Waals surface area contributed by atoms with Crippen molar-refractivity contribution in [3.63, 3.8) is 0 Å². The van der Waals surface area contributed by atoms with Crippen molar-refractivity contribution in [2.75, 3.05) is 26.2 Å². The molecule has 0 radical (unpaired) electrons. The van der Waals surface area contributed by atoms with E-state index in [1.54, 1.807) is 12.1 Å². The molecular formula is C22H29F3N4O4. The van der Waals surface area contributed by atoms with Crippen LogP contribution in [-0.4, -0.2) is 74.1 Å². The molecule has 0 unspecified atom stereocenters. The first kappa shape index (κ1) is 26.3. The predicted molar refractivity (Wildman–Crippen MR) is 115 cm³/mol. The van der Waals surface area contributed by atoms with Crippen LogP contribution in [0.2, 0.25) is 0 Å². The maximum atomic E-state index is 11.1. The Morgan fingerprint density at radius 1 is 0.970 bits per heavy atom. The molecule has 1 aromatic carbocycles. The second-order valence-corrected chi connectivity index (χ2v) is 8.82. The van der Waals surface area contributed by atoms with E-state index in [1.807, 2.05) is 23.0 Å². The van der Waals surface area contributed by atoms with Crippen LogP contribution in [0.3, 0.4) is 0 Å². The van der Waals surface area contributed by atoms with Gasteiger partial charge in [-0.1, -0.05) is 12.1 Å². The Hall–Kier alpha value is -2.92. The highest BCUT2D eigenvalue weighted by Gasteiger charge is 2.38. The average Bonchev–Trinajstić information content (AvgIpc) is 3.18. The van der Waals surface area contributed by atoms with E-state index < -0.39 is 18.1 Å². The molecule has 1 saturated heterocycles. The Bertz CT molecular complexity index is 946. The average molecular weight is 470 g/mol. The van der Waals surface area contributed by atoms with Gasteiger partial charge < -0.3 is 10.2 Å².